The Balaban J connectivity index is 2.39. The van der Waals surface area contributed by atoms with Crippen molar-refractivity contribution in [3.8, 4) is 0 Å². The van der Waals surface area contributed by atoms with E-state index >= 15 is 0 Å². The average molecular weight is 255 g/mol. The Kier molecular flexibility index (Phi) is 6.65. The molecular weight excluding hydrogens is 226 g/mol. The molecule has 1 fully saturated rings. The highest BCUT2D eigenvalue weighted by atomic mass is 16.1. The molecule has 1 heterocycles. The second kappa shape index (κ2) is 7.74. The van der Waals surface area contributed by atoms with E-state index in [-0.39, 0.29) is 18.0 Å². The lowest BCUT2D eigenvalue weighted by Crippen LogP contribution is -2.43. The second-order valence-electron chi connectivity index (χ2n) is 5.75. The number of rotatable bonds is 7. The van der Waals surface area contributed by atoms with Crippen molar-refractivity contribution in [2.75, 3.05) is 19.6 Å². The Morgan fingerprint density at radius 2 is 2.22 bits per heavy atom. The van der Waals surface area contributed by atoms with E-state index in [4.69, 9.17) is 5.73 Å². The summed E-state index contributed by atoms with van der Waals surface area (Å²) in [6.07, 6.45) is 4.34. The largest absolute Gasteiger partial charge is 0.354 e. The number of likely N-dealkylation sites (tertiary alicyclic amines) is 1. The maximum atomic E-state index is 11.8. The Bertz CT molecular complexity index is 255. The molecule has 1 amide bonds. The second-order valence-corrected chi connectivity index (χ2v) is 5.75. The lowest BCUT2D eigenvalue weighted by molar-refractivity contribution is -0.122. The number of hydrogen-bond acceptors (Lipinski definition) is 3. The van der Waals surface area contributed by atoms with E-state index in [9.17, 15) is 4.79 Å². The summed E-state index contributed by atoms with van der Waals surface area (Å²) in [5.74, 6) is 0.927. The summed E-state index contributed by atoms with van der Waals surface area (Å²) in [6, 6.07) is 0.424. The Morgan fingerprint density at radius 1 is 1.50 bits per heavy atom. The number of carbonyl (C=O) groups is 1. The van der Waals surface area contributed by atoms with Gasteiger partial charge in [0.1, 0.15) is 0 Å². The van der Waals surface area contributed by atoms with E-state index in [1.165, 1.54) is 19.3 Å². The van der Waals surface area contributed by atoms with E-state index in [1.54, 1.807) is 0 Å². The number of nitrogens with two attached hydrogens (primary N) is 1. The maximum Gasteiger partial charge on any atom is 0.221 e. The van der Waals surface area contributed by atoms with Crippen LogP contribution in [0.4, 0.5) is 0 Å². The van der Waals surface area contributed by atoms with Crippen LogP contribution in [-0.4, -0.2) is 42.5 Å². The van der Waals surface area contributed by atoms with Crippen molar-refractivity contribution in [1.29, 1.82) is 0 Å². The van der Waals surface area contributed by atoms with Gasteiger partial charge in [-0.15, -0.1) is 0 Å². The van der Waals surface area contributed by atoms with E-state index in [1.807, 2.05) is 13.8 Å². The third-order valence-corrected chi connectivity index (χ3v) is 3.67. The molecule has 1 saturated heterocycles. The number of nitrogens with one attached hydrogen (secondary N) is 1. The van der Waals surface area contributed by atoms with Gasteiger partial charge in [0.05, 0.1) is 0 Å². The fraction of sp³-hybridized carbons (Fsp3) is 0.929. The molecule has 0 spiro atoms. The molecule has 0 saturated carbocycles. The molecule has 0 aromatic rings. The zero-order valence-corrected chi connectivity index (χ0v) is 12.1. The molecule has 2 unspecified atom stereocenters. The Morgan fingerprint density at radius 3 is 2.78 bits per heavy atom. The summed E-state index contributed by atoms with van der Waals surface area (Å²) in [7, 11) is 0. The zero-order chi connectivity index (χ0) is 13.5. The topological polar surface area (TPSA) is 58.4 Å². The normalized spacial score (nSPS) is 22.4. The van der Waals surface area contributed by atoms with Gasteiger partial charge in [-0.3, -0.25) is 9.69 Å². The van der Waals surface area contributed by atoms with Crippen LogP contribution in [0.1, 0.15) is 46.5 Å². The van der Waals surface area contributed by atoms with Crippen LogP contribution >= 0.6 is 0 Å². The molecule has 0 aliphatic carbocycles. The van der Waals surface area contributed by atoms with Crippen molar-refractivity contribution in [3.63, 3.8) is 0 Å². The predicted molar refractivity (Wildman–Crippen MR) is 75.3 cm³/mol. The predicted octanol–water partition coefficient (Wildman–Crippen LogP) is 1.35. The molecule has 1 aliphatic heterocycles. The first-order valence-corrected chi connectivity index (χ1v) is 7.30. The number of amides is 1. The smallest absolute Gasteiger partial charge is 0.221 e. The highest BCUT2D eigenvalue weighted by Gasteiger charge is 2.28. The standard InChI is InChI=1S/C14H29N3O/c1-4-5-12-6-7-17(10-12)13(9-15)8-14(18)16-11(2)3/h11-13H,4-10,15H2,1-3H3,(H,16,18). The van der Waals surface area contributed by atoms with Gasteiger partial charge in [-0.05, 0) is 39.2 Å². The number of nitrogens with zero attached hydrogens (tertiary/aromatic N) is 1. The SMILES string of the molecule is CCCC1CCN(C(CN)CC(=O)NC(C)C)C1. The van der Waals surface area contributed by atoms with Gasteiger partial charge in [0.15, 0.2) is 0 Å². The van der Waals surface area contributed by atoms with Gasteiger partial charge < -0.3 is 11.1 Å². The summed E-state index contributed by atoms with van der Waals surface area (Å²) in [6.45, 7) is 9.00. The van der Waals surface area contributed by atoms with E-state index in [0.717, 1.165) is 19.0 Å². The van der Waals surface area contributed by atoms with Crippen molar-refractivity contribution in [2.45, 2.75) is 58.5 Å². The van der Waals surface area contributed by atoms with Crippen molar-refractivity contribution in [1.82, 2.24) is 10.2 Å². The molecule has 0 radical (unpaired) electrons. The van der Waals surface area contributed by atoms with Crippen LogP contribution < -0.4 is 11.1 Å². The minimum absolute atomic E-state index is 0.124. The first kappa shape index (κ1) is 15.4. The number of carbonyl (C=O) groups excluding carboxylic acids is 1. The molecule has 4 heteroatoms. The Hall–Kier alpha value is -0.610. The average Bonchev–Trinajstić information content (AvgIpc) is 2.74. The maximum absolute atomic E-state index is 11.8. The lowest BCUT2D eigenvalue weighted by Gasteiger charge is -2.26. The minimum atomic E-state index is 0.124. The van der Waals surface area contributed by atoms with Crippen molar-refractivity contribution >= 4 is 5.91 Å². The van der Waals surface area contributed by atoms with Crippen LogP contribution in [0.25, 0.3) is 0 Å². The Labute approximate surface area is 111 Å². The van der Waals surface area contributed by atoms with Crippen LogP contribution in [0.15, 0.2) is 0 Å². The van der Waals surface area contributed by atoms with Crippen LogP contribution in [0.2, 0.25) is 0 Å². The van der Waals surface area contributed by atoms with Gasteiger partial charge in [-0.1, -0.05) is 13.3 Å². The zero-order valence-electron chi connectivity index (χ0n) is 12.1. The summed E-state index contributed by atoms with van der Waals surface area (Å²) in [5, 5.41) is 2.95. The van der Waals surface area contributed by atoms with E-state index in [0.29, 0.717) is 13.0 Å². The third-order valence-electron chi connectivity index (χ3n) is 3.67. The van der Waals surface area contributed by atoms with Crippen LogP contribution in [0.5, 0.6) is 0 Å². The summed E-state index contributed by atoms with van der Waals surface area (Å²) in [4.78, 5) is 14.2. The molecule has 4 nitrogen and oxygen atoms in total. The summed E-state index contributed by atoms with van der Waals surface area (Å²) in [5.41, 5.74) is 5.83. The quantitative estimate of drug-likeness (QED) is 0.722. The van der Waals surface area contributed by atoms with Gasteiger partial charge in [0, 0.05) is 31.6 Å². The van der Waals surface area contributed by atoms with Crippen molar-refractivity contribution in [3.05, 3.63) is 0 Å². The molecule has 0 aromatic heterocycles. The highest BCUT2D eigenvalue weighted by Crippen LogP contribution is 2.23. The fourth-order valence-corrected chi connectivity index (χ4v) is 2.79. The molecule has 3 N–H and O–H groups in total. The third kappa shape index (κ3) is 4.94. The monoisotopic (exact) mass is 255 g/mol. The highest BCUT2D eigenvalue weighted by molar-refractivity contribution is 5.76. The summed E-state index contributed by atoms with van der Waals surface area (Å²) < 4.78 is 0. The van der Waals surface area contributed by atoms with E-state index < -0.39 is 0 Å². The summed E-state index contributed by atoms with van der Waals surface area (Å²) >= 11 is 0. The van der Waals surface area contributed by atoms with Crippen LogP contribution in [0, 0.1) is 5.92 Å². The molecule has 0 bridgehead atoms. The van der Waals surface area contributed by atoms with Gasteiger partial charge in [0.25, 0.3) is 0 Å². The fourth-order valence-electron chi connectivity index (χ4n) is 2.79. The molecule has 0 aromatic carbocycles. The molecule has 18 heavy (non-hydrogen) atoms. The molecule has 1 aliphatic rings. The lowest BCUT2D eigenvalue weighted by atomic mass is 10.0. The molecule has 2 atom stereocenters. The minimum Gasteiger partial charge on any atom is -0.354 e. The van der Waals surface area contributed by atoms with Crippen molar-refractivity contribution < 1.29 is 4.79 Å². The van der Waals surface area contributed by atoms with Crippen LogP contribution in [-0.2, 0) is 4.79 Å². The van der Waals surface area contributed by atoms with Gasteiger partial charge in [0.2, 0.25) is 5.91 Å². The van der Waals surface area contributed by atoms with Gasteiger partial charge >= 0.3 is 0 Å². The van der Waals surface area contributed by atoms with Crippen molar-refractivity contribution in [2.24, 2.45) is 11.7 Å². The van der Waals surface area contributed by atoms with Gasteiger partial charge in [-0.25, -0.2) is 0 Å². The molecule has 1 rings (SSSR count). The van der Waals surface area contributed by atoms with Gasteiger partial charge in [-0.2, -0.15) is 0 Å². The molecule has 106 valence electrons. The van der Waals surface area contributed by atoms with Crippen LogP contribution in [0.3, 0.4) is 0 Å². The first-order chi connectivity index (χ1) is 8.56. The first-order valence-electron chi connectivity index (χ1n) is 7.30. The van der Waals surface area contributed by atoms with E-state index in [2.05, 4.69) is 17.1 Å². The number of hydrogen-bond donors (Lipinski definition) is 2. The molecular formula is C14H29N3O.